The highest BCUT2D eigenvalue weighted by Gasteiger charge is 2.53. The summed E-state index contributed by atoms with van der Waals surface area (Å²) in [6.07, 6.45) is 4.37. The van der Waals surface area contributed by atoms with Crippen molar-refractivity contribution in [2.24, 2.45) is 0 Å². The molecule has 0 radical (unpaired) electrons. The first-order valence-corrected chi connectivity index (χ1v) is 12.9. The highest BCUT2D eigenvalue weighted by Crippen LogP contribution is 2.52. The van der Waals surface area contributed by atoms with E-state index in [1.165, 1.54) is 23.1 Å². The van der Waals surface area contributed by atoms with Crippen molar-refractivity contribution < 1.29 is 9.53 Å². The molecule has 2 aromatic carbocycles. The van der Waals surface area contributed by atoms with Crippen molar-refractivity contribution in [1.29, 1.82) is 0 Å². The lowest BCUT2D eigenvalue weighted by atomic mass is 9.72. The molecule has 5 heteroatoms. The van der Waals surface area contributed by atoms with Gasteiger partial charge in [0.25, 0.3) is 5.91 Å². The summed E-state index contributed by atoms with van der Waals surface area (Å²) in [5, 5.41) is 7.15. The van der Waals surface area contributed by atoms with Crippen LogP contribution >= 0.6 is 11.3 Å². The molecule has 1 aromatic heterocycles. The van der Waals surface area contributed by atoms with Crippen molar-refractivity contribution in [3.63, 3.8) is 0 Å². The van der Waals surface area contributed by atoms with Gasteiger partial charge in [-0.15, -0.1) is 0 Å². The van der Waals surface area contributed by atoms with E-state index in [0.717, 1.165) is 44.5 Å². The first kappa shape index (κ1) is 22.3. The largest absolute Gasteiger partial charge is 0.378 e. The van der Waals surface area contributed by atoms with Crippen molar-refractivity contribution >= 4 is 17.2 Å². The fourth-order valence-electron chi connectivity index (χ4n) is 5.87. The molecule has 4 nitrogen and oxygen atoms in total. The quantitative estimate of drug-likeness (QED) is 0.526. The molecular formula is C28H32N2O2S. The predicted molar refractivity (Wildman–Crippen MR) is 134 cm³/mol. The monoisotopic (exact) mass is 460 g/mol. The first-order valence-electron chi connectivity index (χ1n) is 11.9. The molecule has 0 bridgehead atoms. The topological polar surface area (TPSA) is 41.6 Å². The fraction of sp³-hybridized carbons (Fsp3) is 0.393. The normalized spacial score (nSPS) is 21.7. The van der Waals surface area contributed by atoms with Gasteiger partial charge in [0.1, 0.15) is 0 Å². The van der Waals surface area contributed by atoms with E-state index in [4.69, 9.17) is 4.74 Å². The molecule has 2 atom stereocenters. The minimum Gasteiger partial charge on any atom is -0.378 e. The van der Waals surface area contributed by atoms with Crippen LogP contribution in [0, 0.1) is 0 Å². The minimum absolute atomic E-state index is 0.0199. The lowest BCUT2D eigenvalue weighted by Crippen LogP contribution is -2.50. The van der Waals surface area contributed by atoms with Crippen molar-refractivity contribution in [2.45, 2.75) is 43.2 Å². The van der Waals surface area contributed by atoms with Gasteiger partial charge < -0.3 is 15.0 Å². The molecule has 1 saturated heterocycles. The smallest absolute Gasteiger partial charge is 0.252 e. The Balaban J connectivity index is 1.29. The Morgan fingerprint density at radius 3 is 2.58 bits per heavy atom. The predicted octanol–water partition coefficient (Wildman–Crippen LogP) is 5.21. The van der Waals surface area contributed by atoms with E-state index >= 15 is 0 Å². The molecule has 5 rings (SSSR count). The standard InChI is InChI=1S/C28H32N2O2S/c1-32-26-25(29-27(31)22-13-19-33-20-22)23-11-5-6-12-24(23)28(26)14-17-30(18-15-28)16-7-10-21-8-3-2-4-9-21/h2-6,8-9,11-13,19-20,25-26H,7,10,14-18H2,1H3,(H,29,31)/t25-,26+/m0/s1. The number of likely N-dealkylation sites (tertiary alicyclic amines) is 1. The van der Waals surface area contributed by atoms with E-state index in [-0.39, 0.29) is 23.5 Å². The van der Waals surface area contributed by atoms with Crippen molar-refractivity contribution in [3.8, 4) is 0 Å². The highest BCUT2D eigenvalue weighted by atomic mass is 32.1. The number of nitrogens with zero attached hydrogens (tertiary/aromatic N) is 1. The Labute approximate surface area is 200 Å². The van der Waals surface area contributed by atoms with Crippen LogP contribution in [0.4, 0.5) is 0 Å². The van der Waals surface area contributed by atoms with Crippen LogP contribution in [0.5, 0.6) is 0 Å². The number of piperidine rings is 1. The molecule has 2 aliphatic rings. The van der Waals surface area contributed by atoms with Gasteiger partial charge in [-0.3, -0.25) is 4.79 Å². The summed E-state index contributed by atoms with van der Waals surface area (Å²) in [5.41, 5.74) is 4.66. The number of hydrogen-bond donors (Lipinski definition) is 1. The van der Waals surface area contributed by atoms with Gasteiger partial charge in [-0.05, 0) is 73.5 Å². The molecule has 1 N–H and O–H groups in total. The summed E-state index contributed by atoms with van der Waals surface area (Å²) >= 11 is 1.55. The molecule has 2 heterocycles. The molecule has 1 aliphatic heterocycles. The maximum absolute atomic E-state index is 12.9. The number of aryl methyl sites for hydroxylation is 1. The number of benzene rings is 2. The second-order valence-corrected chi connectivity index (χ2v) is 10.1. The molecule has 33 heavy (non-hydrogen) atoms. The van der Waals surface area contributed by atoms with E-state index in [9.17, 15) is 4.79 Å². The van der Waals surface area contributed by atoms with Gasteiger partial charge in [-0.1, -0.05) is 54.6 Å². The van der Waals surface area contributed by atoms with Crippen molar-refractivity contribution in [3.05, 3.63) is 93.7 Å². The van der Waals surface area contributed by atoms with Gasteiger partial charge in [-0.2, -0.15) is 11.3 Å². The molecule has 3 aromatic rings. The number of thiophene rings is 1. The zero-order chi connectivity index (χ0) is 22.7. The Bertz CT molecular complexity index is 1060. The van der Waals surface area contributed by atoms with Crippen LogP contribution < -0.4 is 5.32 Å². The number of nitrogens with one attached hydrogen (secondary N) is 1. The SMILES string of the molecule is CO[C@@H]1[C@@H](NC(=O)c2ccsc2)c2ccccc2C12CCN(CCCc1ccccc1)CC2. The Morgan fingerprint density at radius 1 is 1.09 bits per heavy atom. The van der Waals surface area contributed by atoms with Gasteiger partial charge in [0.2, 0.25) is 0 Å². The maximum Gasteiger partial charge on any atom is 0.252 e. The summed E-state index contributed by atoms with van der Waals surface area (Å²) in [6, 6.07) is 21.1. The fourth-order valence-corrected chi connectivity index (χ4v) is 6.51. The van der Waals surface area contributed by atoms with Gasteiger partial charge in [0, 0.05) is 17.9 Å². The van der Waals surface area contributed by atoms with Crippen LogP contribution in [0.3, 0.4) is 0 Å². The van der Waals surface area contributed by atoms with Crippen molar-refractivity contribution in [1.82, 2.24) is 10.2 Å². The third kappa shape index (κ3) is 4.37. The van der Waals surface area contributed by atoms with E-state index in [1.807, 2.05) is 16.8 Å². The highest BCUT2D eigenvalue weighted by molar-refractivity contribution is 7.08. The number of ether oxygens (including phenoxy) is 1. The zero-order valence-electron chi connectivity index (χ0n) is 19.2. The van der Waals surface area contributed by atoms with E-state index in [2.05, 4.69) is 64.8 Å². The number of fused-ring (bicyclic) bond motifs is 2. The number of amides is 1. The molecule has 172 valence electrons. The zero-order valence-corrected chi connectivity index (χ0v) is 20.0. The second-order valence-electron chi connectivity index (χ2n) is 9.29. The molecule has 1 aliphatic carbocycles. The number of hydrogen-bond acceptors (Lipinski definition) is 4. The van der Waals surface area contributed by atoms with Crippen LogP contribution in [-0.4, -0.2) is 43.7 Å². The molecular weight excluding hydrogens is 428 g/mol. The molecule has 0 saturated carbocycles. The first-order chi connectivity index (χ1) is 16.2. The number of rotatable bonds is 7. The van der Waals surface area contributed by atoms with Gasteiger partial charge in [0.15, 0.2) is 0 Å². The molecule has 1 fully saturated rings. The van der Waals surface area contributed by atoms with Crippen LogP contribution in [0.15, 0.2) is 71.4 Å². The average Bonchev–Trinajstić information content (AvgIpc) is 3.48. The van der Waals surface area contributed by atoms with E-state index in [1.54, 1.807) is 18.4 Å². The maximum atomic E-state index is 12.9. The Hall–Kier alpha value is -2.47. The van der Waals surface area contributed by atoms with Crippen LogP contribution in [0.2, 0.25) is 0 Å². The van der Waals surface area contributed by atoms with Gasteiger partial charge >= 0.3 is 0 Å². The summed E-state index contributed by atoms with van der Waals surface area (Å²) in [7, 11) is 1.80. The Kier molecular flexibility index (Phi) is 6.63. The number of methoxy groups -OCH3 is 1. The summed E-state index contributed by atoms with van der Waals surface area (Å²) in [6.45, 7) is 3.25. The van der Waals surface area contributed by atoms with E-state index < -0.39 is 0 Å². The average molecular weight is 461 g/mol. The summed E-state index contributed by atoms with van der Waals surface area (Å²) in [4.78, 5) is 15.5. The molecule has 0 unspecified atom stereocenters. The van der Waals surface area contributed by atoms with E-state index in [0.29, 0.717) is 0 Å². The second kappa shape index (κ2) is 9.80. The number of carbonyl (C=O) groups is 1. The minimum atomic E-state index is -0.122. The molecule has 1 amide bonds. The summed E-state index contributed by atoms with van der Waals surface area (Å²) in [5.74, 6) is -0.0199. The van der Waals surface area contributed by atoms with Crippen LogP contribution in [0.25, 0.3) is 0 Å². The lowest BCUT2D eigenvalue weighted by Gasteiger charge is -2.44. The number of carbonyl (C=O) groups excluding carboxylic acids is 1. The third-order valence-electron chi connectivity index (χ3n) is 7.53. The molecule has 1 spiro atoms. The Morgan fingerprint density at radius 2 is 1.85 bits per heavy atom. The van der Waals surface area contributed by atoms with Gasteiger partial charge in [0.05, 0.1) is 17.7 Å². The summed E-state index contributed by atoms with van der Waals surface area (Å²) < 4.78 is 6.16. The van der Waals surface area contributed by atoms with Crippen molar-refractivity contribution in [2.75, 3.05) is 26.7 Å². The lowest BCUT2D eigenvalue weighted by molar-refractivity contribution is -0.0112. The third-order valence-corrected chi connectivity index (χ3v) is 8.22. The van der Waals surface area contributed by atoms with Crippen LogP contribution in [-0.2, 0) is 16.6 Å². The van der Waals surface area contributed by atoms with Crippen LogP contribution in [0.1, 0.15) is 52.4 Å². The van der Waals surface area contributed by atoms with Gasteiger partial charge in [-0.25, -0.2) is 0 Å².